The zero-order chi connectivity index (χ0) is 14.8. The first-order valence-electron chi connectivity index (χ1n) is 6.12. The van der Waals surface area contributed by atoms with Crippen LogP contribution in [0.1, 0.15) is 22.8 Å². The van der Waals surface area contributed by atoms with Crippen molar-refractivity contribution in [1.29, 1.82) is 0 Å². The van der Waals surface area contributed by atoms with Gasteiger partial charge in [0.25, 0.3) is 0 Å². The molecule has 1 aromatic heterocycles. The topological polar surface area (TPSA) is 76.2 Å². The molecule has 0 amide bonds. The standard InChI is InChI=1S/C14H15NO4S/c1-3-19-14(16)12-8-15-9-13(12)20(17,18)11-6-4-10(2)5-7-11/h4-9,15H,3H2,1-2H3. The van der Waals surface area contributed by atoms with E-state index in [4.69, 9.17) is 4.74 Å². The van der Waals surface area contributed by atoms with Gasteiger partial charge >= 0.3 is 5.97 Å². The molecule has 0 aliphatic heterocycles. The van der Waals surface area contributed by atoms with Crippen LogP contribution in [0, 0.1) is 6.92 Å². The molecule has 0 aliphatic rings. The highest BCUT2D eigenvalue weighted by atomic mass is 32.2. The van der Waals surface area contributed by atoms with Crippen molar-refractivity contribution in [3.63, 3.8) is 0 Å². The summed E-state index contributed by atoms with van der Waals surface area (Å²) in [4.78, 5) is 14.5. The van der Waals surface area contributed by atoms with Crippen molar-refractivity contribution >= 4 is 15.8 Å². The molecule has 0 saturated carbocycles. The van der Waals surface area contributed by atoms with Crippen LogP contribution in [0.25, 0.3) is 0 Å². The maximum absolute atomic E-state index is 12.5. The zero-order valence-electron chi connectivity index (χ0n) is 11.2. The maximum atomic E-state index is 12.5. The number of nitrogens with one attached hydrogen (secondary N) is 1. The van der Waals surface area contributed by atoms with Crippen LogP contribution in [0.15, 0.2) is 46.5 Å². The Morgan fingerprint density at radius 2 is 1.85 bits per heavy atom. The minimum Gasteiger partial charge on any atom is -0.462 e. The van der Waals surface area contributed by atoms with E-state index in [-0.39, 0.29) is 22.0 Å². The van der Waals surface area contributed by atoms with Crippen molar-refractivity contribution in [1.82, 2.24) is 4.98 Å². The first-order valence-corrected chi connectivity index (χ1v) is 7.60. The maximum Gasteiger partial charge on any atom is 0.341 e. The van der Waals surface area contributed by atoms with E-state index in [9.17, 15) is 13.2 Å². The number of aromatic nitrogens is 1. The molecule has 0 spiro atoms. The molecule has 1 N–H and O–H groups in total. The minimum absolute atomic E-state index is 0.0208. The summed E-state index contributed by atoms with van der Waals surface area (Å²) in [5.74, 6) is -0.653. The van der Waals surface area contributed by atoms with Gasteiger partial charge in [-0.3, -0.25) is 0 Å². The molecule has 0 radical (unpaired) electrons. The molecule has 5 nitrogen and oxygen atoms in total. The second-order valence-electron chi connectivity index (χ2n) is 4.27. The van der Waals surface area contributed by atoms with Crippen LogP contribution in [0.4, 0.5) is 0 Å². The number of aryl methyl sites for hydroxylation is 1. The SMILES string of the molecule is CCOC(=O)c1c[nH]cc1S(=O)(=O)c1ccc(C)cc1. The summed E-state index contributed by atoms with van der Waals surface area (Å²) in [7, 11) is -3.74. The fraction of sp³-hybridized carbons (Fsp3) is 0.214. The second kappa shape index (κ2) is 5.50. The first-order chi connectivity index (χ1) is 9.46. The highest BCUT2D eigenvalue weighted by Gasteiger charge is 2.26. The zero-order valence-corrected chi connectivity index (χ0v) is 12.0. The van der Waals surface area contributed by atoms with Gasteiger partial charge in [-0.2, -0.15) is 0 Å². The molecule has 0 unspecified atom stereocenters. The van der Waals surface area contributed by atoms with Gasteiger partial charge in [0.1, 0.15) is 4.90 Å². The molecule has 6 heteroatoms. The molecule has 0 bridgehead atoms. The number of hydrogen-bond donors (Lipinski definition) is 1. The van der Waals surface area contributed by atoms with Crippen LogP contribution < -0.4 is 0 Å². The Kier molecular flexibility index (Phi) is 3.94. The summed E-state index contributed by atoms with van der Waals surface area (Å²) in [5.41, 5.74) is 0.982. The fourth-order valence-corrected chi connectivity index (χ4v) is 3.19. The lowest BCUT2D eigenvalue weighted by Gasteiger charge is -2.06. The number of H-pyrrole nitrogens is 1. The third-order valence-corrected chi connectivity index (χ3v) is 4.63. The molecular formula is C14H15NO4S. The number of benzene rings is 1. The largest absolute Gasteiger partial charge is 0.462 e. The van der Waals surface area contributed by atoms with Crippen molar-refractivity contribution in [2.45, 2.75) is 23.6 Å². The fourth-order valence-electron chi connectivity index (χ4n) is 1.78. The quantitative estimate of drug-likeness (QED) is 0.878. The van der Waals surface area contributed by atoms with Gasteiger partial charge in [0.05, 0.1) is 17.1 Å². The Labute approximate surface area is 117 Å². The summed E-state index contributed by atoms with van der Waals surface area (Å²) in [6.45, 7) is 3.73. The van der Waals surface area contributed by atoms with Gasteiger partial charge in [-0.25, -0.2) is 13.2 Å². The summed E-state index contributed by atoms with van der Waals surface area (Å²) in [6.07, 6.45) is 2.63. The van der Waals surface area contributed by atoms with E-state index in [1.54, 1.807) is 19.1 Å². The Bertz CT molecular complexity index is 714. The summed E-state index contributed by atoms with van der Waals surface area (Å²) < 4.78 is 29.9. The van der Waals surface area contributed by atoms with Gasteiger partial charge in [-0.1, -0.05) is 17.7 Å². The molecule has 1 aromatic carbocycles. The van der Waals surface area contributed by atoms with E-state index in [0.29, 0.717) is 0 Å². The van der Waals surface area contributed by atoms with Gasteiger partial charge in [0.15, 0.2) is 0 Å². The molecule has 1 heterocycles. The number of rotatable bonds is 4. The molecule has 106 valence electrons. The van der Waals surface area contributed by atoms with Gasteiger partial charge in [-0.05, 0) is 26.0 Å². The van der Waals surface area contributed by atoms with E-state index < -0.39 is 15.8 Å². The molecule has 0 aliphatic carbocycles. The highest BCUT2D eigenvalue weighted by Crippen LogP contribution is 2.24. The summed E-state index contributed by atoms with van der Waals surface area (Å²) in [5, 5.41) is 0. The molecule has 0 saturated heterocycles. The molecule has 0 atom stereocenters. The van der Waals surface area contributed by atoms with Crippen LogP contribution >= 0.6 is 0 Å². The highest BCUT2D eigenvalue weighted by molar-refractivity contribution is 7.91. The van der Waals surface area contributed by atoms with Crippen molar-refractivity contribution in [3.05, 3.63) is 47.8 Å². The Morgan fingerprint density at radius 3 is 2.45 bits per heavy atom. The Morgan fingerprint density at radius 1 is 1.20 bits per heavy atom. The smallest absolute Gasteiger partial charge is 0.341 e. The number of hydrogen-bond acceptors (Lipinski definition) is 4. The predicted octanol–water partition coefficient (Wildman–Crippen LogP) is 2.33. The van der Waals surface area contributed by atoms with Crippen LogP contribution in [-0.4, -0.2) is 26.0 Å². The summed E-state index contributed by atoms with van der Waals surface area (Å²) >= 11 is 0. The van der Waals surface area contributed by atoms with E-state index >= 15 is 0 Å². The van der Waals surface area contributed by atoms with Crippen molar-refractivity contribution < 1.29 is 17.9 Å². The average Bonchev–Trinajstić information content (AvgIpc) is 2.89. The van der Waals surface area contributed by atoms with Crippen LogP contribution in [0.5, 0.6) is 0 Å². The first kappa shape index (κ1) is 14.3. The van der Waals surface area contributed by atoms with Gasteiger partial charge in [0, 0.05) is 12.4 Å². The lowest BCUT2D eigenvalue weighted by Crippen LogP contribution is -2.10. The van der Waals surface area contributed by atoms with E-state index in [2.05, 4.69) is 4.98 Å². The average molecular weight is 293 g/mol. The Balaban J connectivity index is 2.48. The second-order valence-corrected chi connectivity index (χ2v) is 6.19. The number of carbonyl (C=O) groups excluding carboxylic acids is 1. The van der Waals surface area contributed by atoms with E-state index in [0.717, 1.165) is 5.56 Å². The number of aromatic amines is 1. The third-order valence-electron chi connectivity index (χ3n) is 2.82. The summed E-state index contributed by atoms with van der Waals surface area (Å²) in [6, 6.07) is 6.46. The lowest BCUT2D eigenvalue weighted by molar-refractivity contribution is 0.0522. The van der Waals surface area contributed by atoms with Crippen molar-refractivity contribution in [2.24, 2.45) is 0 Å². The van der Waals surface area contributed by atoms with E-state index in [1.807, 2.05) is 6.92 Å². The molecular weight excluding hydrogens is 278 g/mol. The van der Waals surface area contributed by atoms with Gasteiger partial charge in [0.2, 0.25) is 9.84 Å². The molecule has 2 aromatic rings. The van der Waals surface area contributed by atoms with Crippen LogP contribution in [0.2, 0.25) is 0 Å². The number of ether oxygens (including phenoxy) is 1. The number of esters is 1. The Hall–Kier alpha value is -2.08. The van der Waals surface area contributed by atoms with Crippen LogP contribution in [-0.2, 0) is 14.6 Å². The molecule has 2 rings (SSSR count). The normalized spacial score (nSPS) is 11.3. The third kappa shape index (κ3) is 2.60. The van der Waals surface area contributed by atoms with Crippen molar-refractivity contribution in [2.75, 3.05) is 6.61 Å². The number of carbonyl (C=O) groups is 1. The predicted molar refractivity (Wildman–Crippen MR) is 73.4 cm³/mol. The van der Waals surface area contributed by atoms with Crippen LogP contribution in [0.3, 0.4) is 0 Å². The van der Waals surface area contributed by atoms with E-state index in [1.165, 1.54) is 24.5 Å². The van der Waals surface area contributed by atoms with Gasteiger partial charge in [-0.15, -0.1) is 0 Å². The monoisotopic (exact) mass is 293 g/mol. The van der Waals surface area contributed by atoms with Gasteiger partial charge < -0.3 is 9.72 Å². The minimum atomic E-state index is -3.74. The lowest BCUT2D eigenvalue weighted by atomic mass is 10.2. The van der Waals surface area contributed by atoms with Crippen molar-refractivity contribution in [3.8, 4) is 0 Å². The molecule has 0 fully saturated rings. The number of sulfone groups is 1. The molecule has 20 heavy (non-hydrogen) atoms.